The van der Waals surface area contributed by atoms with E-state index < -0.39 is 12.0 Å². The number of fused-ring (bicyclic) bond motifs is 1. The number of esters is 1. The van der Waals surface area contributed by atoms with Gasteiger partial charge in [0.2, 0.25) is 0 Å². The van der Waals surface area contributed by atoms with Crippen molar-refractivity contribution in [3.05, 3.63) is 126 Å². The first-order chi connectivity index (χ1) is 20.3. The highest BCUT2D eigenvalue weighted by Gasteiger charge is 2.33. The van der Waals surface area contributed by atoms with Gasteiger partial charge in [0.25, 0.3) is 5.56 Å². The van der Waals surface area contributed by atoms with Crippen molar-refractivity contribution >= 4 is 23.4 Å². The Balaban J connectivity index is 1.54. The second kappa shape index (κ2) is 12.6. The number of hydrogen-bond acceptors (Lipinski definition) is 7. The van der Waals surface area contributed by atoms with E-state index in [0.717, 1.165) is 22.3 Å². The van der Waals surface area contributed by atoms with Crippen molar-refractivity contribution in [2.24, 2.45) is 4.99 Å². The highest BCUT2D eigenvalue weighted by atomic mass is 32.1. The van der Waals surface area contributed by atoms with Crippen LogP contribution in [0.25, 0.3) is 6.08 Å². The number of nitrogens with zero attached hydrogens (tertiary/aromatic N) is 2. The van der Waals surface area contributed by atoms with Crippen LogP contribution in [0.1, 0.15) is 54.6 Å². The SMILES string of the molecule is CCOC(=O)C1=C(C)N=c2s/c(=C/c3ccc(OCc4ccc(C)cc4)c(OCC)c3)c(=O)n2[C@@H]1c1ccc(C)cc1. The molecule has 0 bridgehead atoms. The Labute approximate surface area is 249 Å². The molecule has 3 aromatic carbocycles. The molecule has 0 spiro atoms. The molecule has 0 saturated heterocycles. The fourth-order valence-corrected chi connectivity index (χ4v) is 5.90. The van der Waals surface area contributed by atoms with E-state index >= 15 is 0 Å². The zero-order valence-electron chi connectivity index (χ0n) is 24.5. The van der Waals surface area contributed by atoms with Gasteiger partial charge < -0.3 is 14.2 Å². The van der Waals surface area contributed by atoms with E-state index in [1.807, 2.05) is 74.5 Å². The molecule has 2 heterocycles. The second-order valence-electron chi connectivity index (χ2n) is 10.1. The Morgan fingerprint density at radius 2 is 1.60 bits per heavy atom. The Morgan fingerprint density at radius 1 is 0.905 bits per heavy atom. The normalized spacial score (nSPS) is 14.8. The van der Waals surface area contributed by atoms with Crippen molar-refractivity contribution in [1.82, 2.24) is 4.57 Å². The number of thiazole rings is 1. The van der Waals surface area contributed by atoms with Crippen LogP contribution >= 0.6 is 11.3 Å². The van der Waals surface area contributed by atoms with Crippen LogP contribution in [-0.2, 0) is 16.1 Å². The van der Waals surface area contributed by atoms with Crippen LogP contribution in [0.15, 0.2) is 87.8 Å². The van der Waals surface area contributed by atoms with E-state index in [1.54, 1.807) is 18.4 Å². The largest absolute Gasteiger partial charge is 0.490 e. The first-order valence-electron chi connectivity index (χ1n) is 14.0. The van der Waals surface area contributed by atoms with Gasteiger partial charge in [0, 0.05) is 0 Å². The molecular formula is C34H34N2O5S. The van der Waals surface area contributed by atoms with E-state index in [9.17, 15) is 9.59 Å². The quantitative estimate of drug-likeness (QED) is 0.247. The Morgan fingerprint density at radius 3 is 2.26 bits per heavy atom. The first kappa shape index (κ1) is 29.1. The van der Waals surface area contributed by atoms with Crippen LogP contribution in [0.3, 0.4) is 0 Å². The molecule has 7 nitrogen and oxygen atoms in total. The summed E-state index contributed by atoms with van der Waals surface area (Å²) in [5.41, 5.74) is 5.64. The molecule has 8 heteroatoms. The number of carbonyl (C=O) groups excluding carboxylic acids is 1. The van der Waals surface area contributed by atoms with Crippen LogP contribution in [0.5, 0.6) is 11.5 Å². The summed E-state index contributed by atoms with van der Waals surface area (Å²) in [6.45, 7) is 10.6. The van der Waals surface area contributed by atoms with Crippen molar-refractivity contribution in [3.8, 4) is 11.5 Å². The van der Waals surface area contributed by atoms with Crippen LogP contribution in [0.2, 0.25) is 0 Å². The maximum atomic E-state index is 13.9. The molecule has 0 saturated carbocycles. The van der Waals surface area contributed by atoms with Crippen LogP contribution < -0.4 is 24.4 Å². The average Bonchev–Trinajstić information content (AvgIpc) is 3.27. The topological polar surface area (TPSA) is 79.1 Å². The summed E-state index contributed by atoms with van der Waals surface area (Å²) in [6, 6.07) is 21.0. The number of rotatable bonds is 9. The van der Waals surface area contributed by atoms with Crippen molar-refractivity contribution in [2.75, 3.05) is 13.2 Å². The number of aromatic nitrogens is 1. The molecule has 1 atom stereocenters. The summed E-state index contributed by atoms with van der Waals surface area (Å²) in [7, 11) is 0. The zero-order valence-corrected chi connectivity index (χ0v) is 25.3. The van der Waals surface area contributed by atoms with Gasteiger partial charge in [-0.25, -0.2) is 9.79 Å². The molecule has 0 amide bonds. The minimum Gasteiger partial charge on any atom is -0.490 e. The number of benzene rings is 3. The number of aryl methyl sites for hydroxylation is 2. The third-order valence-electron chi connectivity index (χ3n) is 6.99. The number of ether oxygens (including phenoxy) is 3. The van der Waals surface area contributed by atoms with E-state index in [2.05, 4.69) is 24.0 Å². The summed E-state index contributed by atoms with van der Waals surface area (Å²) in [5.74, 6) is 0.760. The summed E-state index contributed by atoms with van der Waals surface area (Å²) in [5, 5.41) is 0. The van der Waals surface area contributed by atoms with Gasteiger partial charge in [-0.2, -0.15) is 0 Å². The maximum Gasteiger partial charge on any atom is 0.338 e. The molecule has 0 unspecified atom stereocenters. The van der Waals surface area contributed by atoms with E-state index in [-0.39, 0.29) is 12.2 Å². The molecule has 1 aromatic heterocycles. The summed E-state index contributed by atoms with van der Waals surface area (Å²) >= 11 is 1.29. The third kappa shape index (κ3) is 6.09. The fourth-order valence-electron chi connectivity index (χ4n) is 4.85. The lowest BCUT2D eigenvalue weighted by molar-refractivity contribution is -0.139. The zero-order chi connectivity index (χ0) is 29.8. The van der Waals surface area contributed by atoms with Gasteiger partial charge in [0.15, 0.2) is 16.3 Å². The van der Waals surface area contributed by atoms with Gasteiger partial charge >= 0.3 is 5.97 Å². The molecule has 216 valence electrons. The van der Waals surface area contributed by atoms with Crippen molar-refractivity contribution in [3.63, 3.8) is 0 Å². The highest BCUT2D eigenvalue weighted by molar-refractivity contribution is 7.07. The predicted octanol–water partition coefficient (Wildman–Crippen LogP) is 5.39. The lowest BCUT2D eigenvalue weighted by Crippen LogP contribution is -2.39. The minimum absolute atomic E-state index is 0.226. The third-order valence-corrected chi connectivity index (χ3v) is 7.97. The lowest BCUT2D eigenvalue weighted by atomic mass is 9.95. The molecule has 0 aliphatic carbocycles. The minimum atomic E-state index is -0.639. The van der Waals surface area contributed by atoms with E-state index in [0.29, 0.717) is 45.3 Å². The summed E-state index contributed by atoms with van der Waals surface area (Å²) in [6.07, 6.45) is 1.83. The standard InChI is InChI=1S/C34H34N2O5S/c1-6-39-28-18-25(14-17-27(28)41-20-24-12-8-21(3)9-13-24)19-29-32(37)36-31(26-15-10-22(4)11-16-26)30(33(38)40-7-2)23(5)35-34(36)42-29/h8-19,31H,6-7,20H2,1-5H3/b29-19+/t31-/m1/s1. The second-order valence-corrected chi connectivity index (χ2v) is 11.1. The molecule has 0 radical (unpaired) electrons. The summed E-state index contributed by atoms with van der Waals surface area (Å²) < 4.78 is 19.5. The molecule has 1 aliphatic heterocycles. The van der Waals surface area contributed by atoms with Gasteiger partial charge in [0.05, 0.1) is 35.1 Å². The number of hydrogen-bond donors (Lipinski definition) is 0. The van der Waals surface area contributed by atoms with Gasteiger partial charge in [-0.05, 0) is 69.5 Å². The molecule has 4 aromatic rings. The smallest absolute Gasteiger partial charge is 0.338 e. The Hall–Kier alpha value is -4.43. The van der Waals surface area contributed by atoms with Gasteiger partial charge in [0.1, 0.15) is 6.61 Å². The first-order valence-corrected chi connectivity index (χ1v) is 14.8. The van der Waals surface area contributed by atoms with Crippen molar-refractivity contribution in [1.29, 1.82) is 0 Å². The molecule has 42 heavy (non-hydrogen) atoms. The van der Waals surface area contributed by atoms with Crippen LogP contribution in [-0.4, -0.2) is 23.8 Å². The Kier molecular flexibility index (Phi) is 8.73. The molecule has 0 N–H and O–H groups in total. The van der Waals surface area contributed by atoms with Crippen molar-refractivity contribution in [2.45, 2.75) is 47.3 Å². The molecular weight excluding hydrogens is 548 g/mol. The molecule has 0 fully saturated rings. The average molecular weight is 583 g/mol. The van der Waals surface area contributed by atoms with Crippen molar-refractivity contribution < 1.29 is 19.0 Å². The Bertz CT molecular complexity index is 1820. The van der Waals surface area contributed by atoms with Gasteiger partial charge in [-0.1, -0.05) is 77.1 Å². The number of carbonyl (C=O) groups is 1. The van der Waals surface area contributed by atoms with Gasteiger partial charge in [-0.15, -0.1) is 0 Å². The number of allylic oxidation sites excluding steroid dienone is 1. The monoisotopic (exact) mass is 582 g/mol. The van der Waals surface area contributed by atoms with Crippen LogP contribution in [0.4, 0.5) is 0 Å². The van der Waals surface area contributed by atoms with E-state index in [4.69, 9.17) is 14.2 Å². The maximum absolute atomic E-state index is 13.9. The lowest BCUT2D eigenvalue weighted by Gasteiger charge is -2.24. The van der Waals surface area contributed by atoms with E-state index in [1.165, 1.54) is 16.9 Å². The summed E-state index contributed by atoms with van der Waals surface area (Å²) in [4.78, 5) is 32.2. The van der Waals surface area contributed by atoms with Crippen LogP contribution in [0, 0.1) is 13.8 Å². The predicted molar refractivity (Wildman–Crippen MR) is 165 cm³/mol. The highest BCUT2D eigenvalue weighted by Crippen LogP contribution is 2.32. The van der Waals surface area contributed by atoms with Gasteiger partial charge in [-0.3, -0.25) is 9.36 Å². The molecule has 1 aliphatic rings. The fraction of sp³-hybridized carbons (Fsp3) is 0.265. The molecule has 5 rings (SSSR count).